The second-order valence-electron chi connectivity index (χ2n) is 4.50. The summed E-state index contributed by atoms with van der Waals surface area (Å²) >= 11 is 10.9. The molecule has 1 N–H and O–H groups in total. The van der Waals surface area contributed by atoms with Gasteiger partial charge in [-0.1, -0.05) is 11.6 Å². The monoisotopic (exact) mass is 380 g/mol. The quantitative estimate of drug-likeness (QED) is 0.657. The number of anilines is 1. The van der Waals surface area contributed by atoms with Gasteiger partial charge in [0.05, 0.1) is 20.2 Å². The highest BCUT2D eigenvalue weighted by molar-refractivity contribution is 9.10. The van der Waals surface area contributed by atoms with E-state index >= 15 is 0 Å². The first-order valence-corrected chi connectivity index (χ1v) is 8.15. The Morgan fingerprint density at radius 1 is 1.29 bits per heavy atom. The van der Waals surface area contributed by atoms with E-state index in [2.05, 4.69) is 26.2 Å². The van der Waals surface area contributed by atoms with E-state index < -0.39 is 0 Å². The van der Waals surface area contributed by atoms with Crippen molar-refractivity contribution in [1.29, 1.82) is 0 Å². The van der Waals surface area contributed by atoms with E-state index in [9.17, 15) is 4.79 Å². The number of halogens is 2. The van der Waals surface area contributed by atoms with Gasteiger partial charge in [0.15, 0.2) is 0 Å². The number of aromatic nitrogens is 1. The third-order valence-corrected chi connectivity index (χ3v) is 5.10. The van der Waals surface area contributed by atoms with Crippen LogP contribution in [0.2, 0.25) is 5.02 Å². The van der Waals surface area contributed by atoms with Crippen molar-refractivity contribution in [2.45, 2.75) is 6.92 Å². The Balaban J connectivity index is 1.86. The van der Waals surface area contributed by atoms with Crippen molar-refractivity contribution in [2.24, 2.45) is 0 Å². The summed E-state index contributed by atoms with van der Waals surface area (Å²) in [6.45, 7) is 1.97. The molecule has 1 heterocycles. The second kappa shape index (κ2) is 5.75. The van der Waals surface area contributed by atoms with E-state index in [4.69, 9.17) is 11.6 Å². The lowest BCUT2D eigenvalue weighted by Gasteiger charge is -2.06. The predicted octanol–water partition coefficient (Wildman–Crippen LogP) is 5.27. The lowest BCUT2D eigenvalue weighted by atomic mass is 10.2. The van der Waals surface area contributed by atoms with E-state index in [0.29, 0.717) is 10.6 Å². The van der Waals surface area contributed by atoms with Crippen LogP contribution in [0.3, 0.4) is 0 Å². The van der Waals surface area contributed by atoms with Crippen LogP contribution in [0.4, 0.5) is 5.69 Å². The maximum Gasteiger partial charge on any atom is 0.255 e. The zero-order valence-electron chi connectivity index (χ0n) is 11.0. The smallest absolute Gasteiger partial charge is 0.255 e. The number of rotatable bonds is 2. The molecule has 1 amide bonds. The lowest BCUT2D eigenvalue weighted by Crippen LogP contribution is -2.11. The summed E-state index contributed by atoms with van der Waals surface area (Å²) in [4.78, 5) is 16.6. The van der Waals surface area contributed by atoms with Crippen molar-refractivity contribution in [3.63, 3.8) is 0 Å². The van der Waals surface area contributed by atoms with Gasteiger partial charge in [-0.2, -0.15) is 0 Å². The van der Waals surface area contributed by atoms with Gasteiger partial charge >= 0.3 is 0 Å². The molecule has 0 bridgehead atoms. The minimum atomic E-state index is -0.190. The van der Waals surface area contributed by atoms with Crippen LogP contribution in [0.25, 0.3) is 10.2 Å². The van der Waals surface area contributed by atoms with Crippen LogP contribution in [-0.4, -0.2) is 10.9 Å². The molecular formula is C15H10BrClN2OS. The molecule has 0 atom stereocenters. The number of hydrogen-bond donors (Lipinski definition) is 1. The molecule has 0 aliphatic carbocycles. The Bertz CT molecular complexity index is 847. The molecule has 106 valence electrons. The van der Waals surface area contributed by atoms with Gasteiger partial charge < -0.3 is 5.32 Å². The van der Waals surface area contributed by atoms with Gasteiger partial charge in [-0.25, -0.2) is 4.98 Å². The van der Waals surface area contributed by atoms with Crippen LogP contribution in [0, 0.1) is 6.92 Å². The molecule has 0 fully saturated rings. The van der Waals surface area contributed by atoms with E-state index in [1.54, 1.807) is 29.5 Å². The molecule has 21 heavy (non-hydrogen) atoms. The molecule has 0 spiro atoms. The third-order valence-electron chi connectivity index (χ3n) is 2.94. The van der Waals surface area contributed by atoms with Crippen molar-refractivity contribution in [3.8, 4) is 0 Å². The van der Waals surface area contributed by atoms with Crippen molar-refractivity contribution >= 4 is 60.7 Å². The summed E-state index contributed by atoms with van der Waals surface area (Å²) < 4.78 is 1.82. The van der Waals surface area contributed by atoms with E-state index in [1.807, 2.05) is 25.1 Å². The number of benzene rings is 2. The summed E-state index contributed by atoms with van der Waals surface area (Å²) in [7, 11) is 0. The average Bonchev–Trinajstić information content (AvgIpc) is 2.81. The normalized spacial score (nSPS) is 10.8. The van der Waals surface area contributed by atoms with Crippen LogP contribution in [0.5, 0.6) is 0 Å². The zero-order chi connectivity index (χ0) is 15.0. The molecule has 2 aromatic carbocycles. The molecule has 0 aliphatic rings. The van der Waals surface area contributed by atoms with Crippen molar-refractivity contribution in [1.82, 2.24) is 4.98 Å². The predicted molar refractivity (Wildman–Crippen MR) is 91.5 cm³/mol. The number of nitrogens with zero attached hydrogens (tertiary/aromatic N) is 1. The number of carbonyl (C=O) groups excluding carboxylic acids is 1. The Hall–Kier alpha value is -1.43. The molecule has 3 rings (SSSR count). The average molecular weight is 382 g/mol. The highest BCUT2D eigenvalue weighted by Crippen LogP contribution is 2.26. The van der Waals surface area contributed by atoms with Crippen molar-refractivity contribution in [3.05, 3.63) is 56.5 Å². The molecule has 0 unspecified atom stereocenters. The zero-order valence-corrected chi connectivity index (χ0v) is 14.1. The van der Waals surface area contributed by atoms with Gasteiger partial charge in [0, 0.05) is 15.7 Å². The molecule has 0 radical (unpaired) electrons. The Kier molecular flexibility index (Phi) is 3.97. The van der Waals surface area contributed by atoms with Gasteiger partial charge in [0.25, 0.3) is 5.91 Å². The number of aryl methyl sites for hydroxylation is 1. The van der Waals surface area contributed by atoms with Crippen molar-refractivity contribution < 1.29 is 4.79 Å². The highest BCUT2D eigenvalue weighted by Gasteiger charge is 2.09. The van der Waals surface area contributed by atoms with Crippen LogP contribution in [0.1, 0.15) is 15.4 Å². The standard InChI is InChI=1S/C15H10BrClN2OS/c1-8-18-13-5-3-10(7-14(13)21-8)19-15(20)9-2-4-11(16)12(17)6-9/h2-7H,1H3,(H,19,20). The van der Waals surface area contributed by atoms with Crippen LogP contribution in [0.15, 0.2) is 40.9 Å². The molecule has 6 heteroatoms. The minimum Gasteiger partial charge on any atom is -0.322 e. The lowest BCUT2D eigenvalue weighted by molar-refractivity contribution is 0.102. The topological polar surface area (TPSA) is 42.0 Å². The molecule has 1 aromatic heterocycles. The van der Waals surface area contributed by atoms with E-state index in [0.717, 1.165) is 25.4 Å². The first-order valence-electron chi connectivity index (χ1n) is 6.16. The summed E-state index contributed by atoms with van der Waals surface area (Å²) in [6, 6.07) is 10.8. The summed E-state index contributed by atoms with van der Waals surface area (Å²) in [5.74, 6) is -0.190. The number of nitrogens with one attached hydrogen (secondary N) is 1. The molecular weight excluding hydrogens is 372 g/mol. The van der Waals surface area contributed by atoms with Gasteiger partial charge in [-0.05, 0) is 59.3 Å². The fourth-order valence-corrected chi connectivity index (χ4v) is 3.25. The van der Waals surface area contributed by atoms with Crippen LogP contribution >= 0.6 is 38.9 Å². The maximum atomic E-state index is 12.2. The number of hydrogen-bond acceptors (Lipinski definition) is 3. The van der Waals surface area contributed by atoms with Crippen LogP contribution in [-0.2, 0) is 0 Å². The Morgan fingerprint density at radius 3 is 2.86 bits per heavy atom. The maximum absolute atomic E-state index is 12.2. The molecule has 3 nitrogen and oxygen atoms in total. The van der Waals surface area contributed by atoms with Gasteiger partial charge in [0.2, 0.25) is 0 Å². The van der Waals surface area contributed by atoms with E-state index in [1.165, 1.54) is 0 Å². The minimum absolute atomic E-state index is 0.190. The number of carbonyl (C=O) groups is 1. The van der Waals surface area contributed by atoms with Gasteiger partial charge in [-0.3, -0.25) is 4.79 Å². The Labute approximate surface area is 139 Å². The first-order chi connectivity index (χ1) is 10.0. The van der Waals surface area contributed by atoms with Gasteiger partial charge in [-0.15, -0.1) is 11.3 Å². The molecule has 0 saturated heterocycles. The SMILES string of the molecule is Cc1nc2ccc(NC(=O)c3ccc(Br)c(Cl)c3)cc2s1. The number of fused-ring (bicyclic) bond motifs is 1. The molecule has 0 aliphatic heterocycles. The highest BCUT2D eigenvalue weighted by atomic mass is 79.9. The second-order valence-corrected chi connectivity index (χ2v) is 6.99. The van der Waals surface area contributed by atoms with Crippen LogP contribution < -0.4 is 5.32 Å². The Morgan fingerprint density at radius 2 is 2.10 bits per heavy atom. The fourth-order valence-electron chi connectivity index (χ4n) is 1.96. The summed E-state index contributed by atoms with van der Waals surface area (Å²) in [5, 5.41) is 4.39. The van der Waals surface area contributed by atoms with E-state index in [-0.39, 0.29) is 5.91 Å². The fraction of sp³-hybridized carbons (Fsp3) is 0.0667. The molecule has 0 saturated carbocycles. The third kappa shape index (κ3) is 3.10. The number of thiazole rings is 1. The van der Waals surface area contributed by atoms with Gasteiger partial charge in [0.1, 0.15) is 0 Å². The summed E-state index contributed by atoms with van der Waals surface area (Å²) in [5.41, 5.74) is 2.21. The molecule has 3 aromatic rings. The summed E-state index contributed by atoms with van der Waals surface area (Å²) in [6.07, 6.45) is 0. The van der Waals surface area contributed by atoms with Crippen molar-refractivity contribution in [2.75, 3.05) is 5.32 Å². The number of amides is 1. The first kappa shape index (κ1) is 14.5. The largest absolute Gasteiger partial charge is 0.322 e.